The van der Waals surface area contributed by atoms with Gasteiger partial charge in [0.2, 0.25) is 0 Å². The monoisotopic (exact) mass is 302 g/mol. The number of aliphatic hydroxyl groups is 3. The molecule has 1 fully saturated rings. The van der Waals surface area contributed by atoms with Gasteiger partial charge < -0.3 is 24.8 Å². The van der Waals surface area contributed by atoms with Gasteiger partial charge in [-0.25, -0.2) is 0 Å². The summed E-state index contributed by atoms with van der Waals surface area (Å²) >= 11 is 0. The van der Waals surface area contributed by atoms with Crippen LogP contribution >= 0.6 is 0 Å². The molecule has 1 aliphatic heterocycles. The van der Waals surface area contributed by atoms with Crippen LogP contribution in [0.2, 0.25) is 0 Å². The van der Waals surface area contributed by atoms with E-state index in [2.05, 4.69) is 19.1 Å². The molecule has 0 aromatic rings. The van der Waals surface area contributed by atoms with Crippen LogP contribution in [0, 0.1) is 0 Å². The summed E-state index contributed by atoms with van der Waals surface area (Å²) in [6.07, 6.45) is 8.13. The number of rotatable bonds is 11. The van der Waals surface area contributed by atoms with Crippen molar-refractivity contribution in [2.24, 2.45) is 0 Å². The first-order valence-electron chi connectivity index (χ1n) is 8.05. The van der Waals surface area contributed by atoms with E-state index in [1.54, 1.807) is 0 Å². The predicted molar refractivity (Wildman–Crippen MR) is 81.1 cm³/mol. The second kappa shape index (κ2) is 11.2. The lowest BCUT2D eigenvalue weighted by Gasteiger charge is -2.23. The molecule has 0 saturated carbocycles. The lowest BCUT2D eigenvalue weighted by atomic mass is 10.1. The molecule has 0 unspecified atom stereocenters. The number of aliphatic hydroxyl groups excluding tert-OH is 3. The van der Waals surface area contributed by atoms with E-state index in [0.29, 0.717) is 6.61 Å². The third-order valence-corrected chi connectivity index (χ3v) is 3.71. The maximum absolute atomic E-state index is 9.78. The molecule has 1 rings (SSSR count). The summed E-state index contributed by atoms with van der Waals surface area (Å²) in [7, 11) is 0. The number of allylic oxidation sites excluding steroid dienone is 2. The molecule has 21 heavy (non-hydrogen) atoms. The van der Waals surface area contributed by atoms with E-state index in [4.69, 9.17) is 14.6 Å². The van der Waals surface area contributed by atoms with Crippen LogP contribution in [0.15, 0.2) is 12.2 Å². The van der Waals surface area contributed by atoms with Gasteiger partial charge in [0.1, 0.15) is 24.4 Å². The Morgan fingerprint density at radius 2 is 2.00 bits per heavy atom. The molecule has 5 nitrogen and oxygen atoms in total. The maximum Gasteiger partial charge on any atom is 0.114 e. The molecular weight excluding hydrogens is 272 g/mol. The molecule has 0 aliphatic carbocycles. The molecule has 4 atom stereocenters. The average molecular weight is 302 g/mol. The van der Waals surface area contributed by atoms with Gasteiger partial charge in [0.25, 0.3) is 0 Å². The highest BCUT2D eigenvalue weighted by Crippen LogP contribution is 2.21. The maximum atomic E-state index is 9.78. The van der Waals surface area contributed by atoms with Crippen LogP contribution < -0.4 is 0 Å². The van der Waals surface area contributed by atoms with Gasteiger partial charge in [-0.2, -0.15) is 0 Å². The fourth-order valence-corrected chi connectivity index (χ4v) is 2.48. The van der Waals surface area contributed by atoms with E-state index in [9.17, 15) is 10.2 Å². The van der Waals surface area contributed by atoms with Gasteiger partial charge in [0.15, 0.2) is 0 Å². The van der Waals surface area contributed by atoms with Crippen LogP contribution in [0.25, 0.3) is 0 Å². The number of hydrogen-bond donors (Lipinski definition) is 3. The van der Waals surface area contributed by atoms with E-state index in [1.165, 1.54) is 12.8 Å². The molecule has 1 aliphatic rings. The smallest absolute Gasteiger partial charge is 0.114 e. The highest BCUT2D eigenvalue weighted by atomic mass is 16.6. The zero-order valence-corrected chi connectivity index (χ0v) is 13.0. The number of ether oxygens (including phenoxy) is 2. The van der Waals surface area contributed by atoms with Crippen molar-refractivity contribution in [1.29, 1.82) is 0 Å². The fraction of sp³-hybridized carbons (Fsp3) is 0.875. The first kappa shape index (κ1) is 18.6. The minimum Gasteiger partial charge on any atom is -0.394 e. The zero-order chi connectivity index (χ0) is 15.5. The van der Waals surface area contributed by atoms with Crippen LogP contribution in [0.5, 0.6) is 0 Å². The van der Waals surface area contributed by atoms with Crippen molar-refractivity contribution in [3.63, 3.8) is 0 Å². The Morgan fingerprint density at radius 3 is 2.71 bits per heavy atom. The molecule has 1 heterocycles. The predicted octanol–water partition coefficient (Wildman–Crippen LogP) is 1.40. The van der Waals surface area contributed by atoms with E-state index in [0.717, 1.165) is 25.7 Å². The van der Waals surface area contributed by atoms with Gasteiger partial charge in [-0.15, -0.1) is 0 Å². The summed E-state index contributed by atoms with van der Waals surface area (Å²) in [5.41, 5.74) is 0. The molecule has 1 saturated heterocycles. The zero-order valence-electron chi connectivity index (χ0n) is 13.0. The topological polar surface area (TPSA) is 79.2 Å². The van der Waals surface area contributed by atoms with Crippen LogP contribution in [-0.4, -0.2) is 59.6 Å². The Hall–Kier alpha value is -0.460. The van der Waals surface area contributed by atoms with Crippen LogP contribution in [0.4, 0.5) is 0 Å². The Bertz CT molecular complexity index is 282. The third-order valence-electron chi connectivity index (χ3n) is 3.71. The molecule has 124 valence electrons. The highest BCUT2D eigenvalue weighted by Gasteiger charge is 2.40. The van der Waals surface area contributed by atoms with Crippen molar-refractivity contribution in [2.75, 3.05) is 19.8 Å². The Kier molecular flexibility index (Phi) is 9.87. The summed E-state index contributed by atoms with van der Waals surface area (Å²) in [5, 5.41) is 28.4. The van der Waals surface area contributed by atoms with E-state index in [1.807, 2.05) is 0 Å². The first-order chi connectivity index (χ1) is 10.2. The van der Waals surface area contributed by atoms with E-state index >= 15 is 0 Å². The van der Waals surface area contributed by atoms with Crippen molar-refractivity contribution in [1.82, 2.24) is 0 Å². The SMILES string of the molecule is CC/C=C/CCCCCCO[C@H]1[C@@H]([C@@H](O)CO)OC[C@H]1O. The molecule has 3 N–H and O–H groups in total. The van der Waals surface area contributed by atoms with Gasteiger partial charge in [0, 0.05) is 6.61 Å². The summed E-state index contributed by atoms with van der Waals surface area (Å²) in [6, 6.07) is 0. The van der Waals surface area contributed by atoms with E-state index in [-0.39, 0.29) is 13.2 Å². The Morgan fingerprint density at radius 1 is 1.24 bits per heavy atom. The highest BCUT2D eigenvalue weighted by molar-refractivity contribution is 4.89. The largest absolute Gasteiger partial charge is 0.394 e. The minimum atomic E-state index is -1.00. The Labute approximate surface area is 127 Å². The minimum absolute atomic E-state index is 0.149. The molecule has 0 aromatic carbocycles. The lowest BCUT2D eigenvalue weighted by molar-refractivity contribution is -0.0938. The quantitative estimate of drug-likeness (QED) is 0.397. The fourth-order valence-electron chi connectivity index (χ4n) is 2.48. The van der Waals surface area contributed by atoms with Gasteiger partial charge in [-0.3, -0.25) is 0 Å². The van der Waals surface area contributed by atoms with Crippen LogP contribution in [-0.2, 0) is 9.47 Å². The van der Waals surface area contributed by atoms with Crippen molar-refractivity contribution < 1.29 is 24.8 Å². The first-order valence-corrected chi connectivity index (χ1v) is 8.05. The molecule has 0 spiro atoms. The average Bonchev–Trinajstić information content (AvgIpc) is 2.86. The number of unbranched alkanes of at least 4 members (excludes halogenated alkanes) is 4. The van der Waals surface area contributed by atoms with Gasteiger partial charge >= 0.3 is 0 Å². The second-order valence-electron chi connectivity index (χ2n) is 5.53. The molecule has 0 amide bonds. The molecule has 0 bridgehead atoms. The van der Waals surface area contributed by atoms with Crippen molar-refractivity contribution in [2.45, 2.75) is 69.9 Å². The van der Waals surface area contributed by atoms with Crippen LogP contribution in [0.1, 0.15) is 45.4 Å². The van der Waals surface area contributed by atoms with Gasteiger partial charge in [-0.1, -0.05) is 31.9 Å². The molecule has 0 aromatic heterocycles. The normalized spacial score (nSPS) is 27.5. The van der Waals surface area contributed by atoms with Crippen LogP contribution in [0.3, 0.4) is 0 Å². The standard InChI is InChI=1S/C16H30O5/c1-2-3-4-5-6-7-8-9-10-20-16-14(19)12-21-15(16)13(18)11-17/h3-4,13-19H,2,5-12H2,1H3/b4-3+/t13-,14+,15+,16+/m0/s1. The lowest BCUT2D eigenvalue weighted by Crippen LogP contribution is -2.42. The van der Waals surface area contributed by atoms with Crippen molar-refractivity contribution in [3.8, 4) is 0 Å². The van der Waals surface area contributed by atoms with Gasteiger partial charge in [-0.05, 0) is 25.7 Å². The number of hydrogen-bond acceptors (Lipinski definition) is 5. The van der Waals surface area contributed by atoms with Crippen molar-refractivity contribution >= 4 is 0 Å². The summed E-state index contributed by atoms with van der Waals surface area (Å²) in [4.78, 5) is 0. The summed E-state index contributed by atoms with van der Waals surface area (Å²) < 4.78 is 10.9. The molecular formula is C16H30O5. The molecule has 5 heteroatoms. The van der Waals surface area contributed by atoms with Gasteiger partial charge in [0.05, 0.1) is 13.2 Å². The second-order valence-corrected chi connectivity index (χ2v) is 5.53. The Balaban J connectivity index is 2.09. The summed E-state index contributed by atoms with van der Waals surface area (Å²) in [6.45, 7) is 2.44. The molecule has 0 radical (unpaired) electrons. The summed E-state index contributed by atoms with van der Waals surface area (Å²) in [5.74, 6) is 0. The van der Waals surface area contributed by atoms with E-state index < -0.39 is 24.4 Å². The third kappa shape index (κ3) is 6.89. The van der Waals surface area contributed by atoms with Crippen molar-refractivity contribution in [3.05, 3.63) is 12.2 Å².